The van der Waals surface area contributed by atoms with E-state index in [-0.39, 0.29) is 23.2 Å². The number of carbonyl (C=O) groups is 2. The number of ether oxygens (including phenoxy) is 1. The molecule has 0 heterocycles. The van der Waals surface area contributed by atoms with Crippen LogP contribution < -0.4 is 14.4 Å². The number of nitrogens with zero attached hydrogens (tertiary/aromatic N) is 2. The van der Waals surface area contributed by atoms with Crippen LogP contribution >= 0.6 is 11.6 Å². The first-order chi connectivity index (χ1) is 15.5. The molecule has 1 atom stereocenters. The molecule has 2 aromatic carbocycles. The SMILES string of the molecule is CC[C@H](C(=O)NC)N(Cc1ccc(OC)cc1)C(=O)CN(c1ccc(F)c(Cl)c1)S(C)(=O)=O. The third-order valence-corrected chi connectivity index (χ3v) is 6.44. The van der Waals surface area contributed by atoms with Crippen molar-refractivity contribution in [1.29, 1.82) is 0 Å². The van der Waals surface area contributed by atoms with Gasteiger partial charge in [-0.3, -0.25) is 13.9 Å². The molecule has 2 rings (SSSR count). The molecule has 0 saturated heterocycles. The van der Waals surface area contributed by atoms with Crippen LogP contribution in [0.5, 0.6) is 5.75 Å². The minimum Gasteiger partial charge on any atom is -0.497 e. The van der Waals surface area contributed by atoms with Crippen LogP contribution in [-0.4, -0.2) is 58.1 Å². The highest BCUT2D eigenvalue weighted by Crippen LogP contribution is 2.25. The molecule has 0 aliphatic heterocycles. The molecule has 0 spiro atoms. The van der Waals surface area contributed by atoms with Gasteiger partial charge in [0.1, 0.15) is 24.2 Å². The molecule has 180 valence electrons. The van der Waals surface area contributed by atoms with Gasteiger partial charge in [0.25, 0.3) is 0 Å². The average molecular weight is 500 g/mol. The van der Waals surface area contributed by atoms with E-state index in [9.17, 15) is 22.4 Å². The van der Waals surface area contributed by atoms with Crippen molar-refractivity contribution in [2.24, 2.45) is 0 Å². The maximum atomic E-state index is 13.6. The molecule has 0 aliphatic rings. The Morgan fingerprint density at radius 2 is 1.82 bits per heavy atom. The lowest BCUT2D eigenvalue weighted by atomic mass is 10.1. The maximum absolute atomic E-state index is 13.6. The minimum absolute atomic E-state index is 0.0367. The van der Waals surface area contributed by atoms with Crippen LogP contribution in [0.3, 0.4) is 0 Å². The Balaban J connectivity index is 2.43. The zero-order valence-electron chi connectivity index (χ0n) is 18.8. The van der Waals surface area contributed by atoms with Gasteiger partial charge in [-0.05, 0) is 42.3 Å². The summed E-state index contributed by atoms with van der Waals surface area (Å²) >= 11 is 5.82. The molecule has 0 fully saturated rings. The Morgan fingerprint density at radius 1 is 1.18 bits per heavy atom. The van der Waals surface area contributed by atoms with E-state index >= 15 is 0 Å². The maximum Gasteiger partial charge on any atom is 0.244 e. The summed E-state index contributed by atoms with van der Waals surface area (Å²) in [6.45, 7) is 1.23. The quantitative estimate of drug-likeness (QED) is 0.542. The second-order valence-electron chi connectivity index (χ2n) is 7.28. The number of amides is 2. The van der Waals surface area contributed by atoms with E-state index in [1.165, 1.54) is 25.1 Å². The van der Waals surface area contributed by atoms with Crippen molar-refractivity contribution >= 4 is 39.1 Å². The lowest BCUT2D eigenvalue weighted by Crippen LogP contribution is -2.51. The number of hydrogen-bond acceptors (Lipinski definition) is 5. The molecule has 11 heteroatoms. The van der Waals surface area contributed by atoms with Gasteiger partial charge in [0, 0.05) is 13.6 Å². The average Bonchev–Trinajstić information content (AvgIpc) is 2.78. The van der Waals surface area contributed by atoms with Gasteiger partial charge < -0.3 is 15.0 Å². The first kappa shape index (κ1) is 26.4. The zero-order valence-corrected chi connectivity index (χ0v) is 20.4. The molecule has 0 aromatic heterocycles. The van der Waals surface area contributed by atoms with Crippen LogP contribution in [0.15, 0.2) is 42.5 Å². The monoisotopic (exact) mass is 499 g/mol. The summed E-state index contributed by atoms with van der Waals surface area (Å²) in [6, 6.07) is 9.50. The summed E-state index contributed by atoms with van der Waals surface area (Å²) < 4.78 is 44.5. The number of hydrogen-bond donors (Lipinski definition) is 1. The number of rotatable bonds is 10. The summed E-state index contributed by atoms with van der Waals surface area (Å²) in [5, 5.41) is 2.26. The van der Waals surface area contributed by atoms with Crippen LogP contribution in [0.2, 0.25) is 5.02 Å². The van der Waals surface area contributed by atoms with E-state index < -0.39 is 34.3 Å². The summed E-state index contributed by atoms with van der Waals surface area (Å²) in [4.78, 5) is 27.2. The van der Waals surface area contributed by atoms with Crippen molar-refractivity contribution in [3.8, 4) is 5.75 Å². The summed E-state index contributed by atoms with van der Waals surface area (Å²) in [5.74, 6) is -1.07. The van der Waals surface area contributed by atoms with Gasteiger partial charge in [0.2, 0.25) is 21.8 Å². The Labute approximate surface area is 198 Å². The van der Waals surface area contributed by atoms with Crippen molar-refractivity contribution in [1.82, 2.24) is 10.2 Å². The Hall–Kier alpha value is -2.85. The van der Waals surface area contributed by atoms with E-state index in [0.29, 0.717) is 12.2 Å². The first-order valence-corrected chi connectivity index (χ1v) is 12.3. The molecule has 0 aliphatic carbocycles. The molecule has 2 amide bonds. The van der Waals surface area contributed by atoms with Crippen molar-refractivity contribution in [3.05, 3.63) is 58.9 Å². The lowest BCUT2D eigenvalue weighted by Gasteiger charge is -2.32. The third kappa shape index (κ3) is 6.82. The van der Waals surface area contributed by atoms with Crippen molar-refractivity contribution < 1.29 is 27.1 Å². The number of likely N-dealkylation sites (N-methyl/N-ethyl adjacent to an activating group) is 1. The molecule has 1 N–H and O–H groups in total. The Morgan fingerprint density at radius 3 is 2.30 bits per heavy atom. The van der Waals surface area contributed by atoms with Gasteiger partial charge in [0.05, 0.1) is 24.1 Å². The highest BCUT2D eigenvalue weighted by Gasteiger charge is 2.31. The van der Waals surface area contributed by atoms with Crippen LogP contribution in [0.4, 0.5) is 10.1 Å². The fraction of sp³-hybridized carbons (Fsp3) is 0.364. The van der Waals surface area contributed by atoms with Crippen molar-refractivity contribution in [2.75, 3.05) is 31.3 Å². The van der Waals surface area contributed by atoms with Crippen molar-refractivity contribution in [2.45, 2.75) is 25.9 Å². The normalized spacial score (nSPS) is 12.1. The highest BCUT2D eigenvalue weighted by molar-refractivity contribution is 7.92. The molecule has 0 bridgehead atoms. The fourth-order valence-corrected chi connectivity index (χ4v) is 4.28. The minimum atomic E-state index is -3.93. The van der Waals surface area contributed by atoms with Crippen LogP contribution in [-0.2, 0) is 26.2 Å². The van der Waals surface area contributed by atoms with Gasteiger partial charge in [0.15, 0.2) is 0 Å². The van der Waals surface area contributed by atoms with Crippen LogP contribution in [0.25, 0.3) is 0 Å². The molecule has 2 aromatic rings. The van der Waals surface area contributed by atoms with Gasteiger partial charge >= 0.3 is 0 Å². The molecule has 0 radical (unpaired) electrons. The second kappa shape index (κ2) is 11.3. The summed E-state index contributed by atoms with van der Waals surface area (Å²) in [7, 11) is -0.933. The van der Waals surface area contributed by atoms with Crippen LogP contribution in [0.1, 0.15) is 18.9 Å². The number of sulfonamides is 1. The lowest BCUT2D eigenvalue weighted by molar-refractivity contribution is -0.140. The number of methoxy groups -OCH3 is 1. The van der Waals surface area contributed by atoms with Gasteiger partial charge in [-0.1, -0.05) is 30.7 Å². The van der Waals surface area contributed by atoms with E-state index in [1.807, 2.05) is 0 Å². The predicted molar refractivity (Wildman–Crippen MR) is 125 cm³/mol. The highest BCUT2D eigenvalue weighted by atomic mass is 35.5. The molecular weight excluding hydrogens is 473 g/mol. The smallest absolute Gasteiger partial charge is 0.244 e. The van der Waals surface area contributed by atoms with E-state index in [4.69, 9.17) is 16.3 Å². The summed E-state index contributed by atoms with van der Waals surface area (Å²) in [5.41, 5.74) is 0.761. The van der Waals surface area contributed by atoms with E-state index in [0.717, 1.165) is 28.3 Å². The van der Waals surface area contributed by atoms with Gasteiger partial charge in [-0.15, -0.1) is 0 Å². The topological polar surface area (TPSA) is 96.0 Å². The number of nitrogens with one attached hydrogen (secondary N) is 1. The van der Waals surface area contributed by atoms with Crippen molar-refractivity contribution in [3.63, 3.8) is 0 Å². The fourth-order valence-electron chi connectivity index (χ4n) is 3.27. The molecule has 0 unspecified atom stereocenters. The standard InChI is InChI=1S/C22H27ClFN3O5S/c1-5-20(22(29)25-2)26(13-15-6-9-17(32-3)10-7-15)21(28)14-27(33(4,30)31)16-8-11-19(24)18(23)12-16/h6-12,20H,5,13-14H2,1-4H3,(H,25,29)/t20-/m1/s1. The Kier molecular flexibility index (Phi) is 9.07. The van der Waals surface area contributed by atoms with E-state index in [1.54, 1.807) is 31.2 Å². The summed E-state index contributed by atoms with van der Waals surface area (Å²) in [6.07, 6.45) is 1.24. The van der Waals surface area contributed by atoms with Gasteiger partial charge in [-0.25, -0.2) is 12.8 Å². The van der Waals surface area contributed by atoms with Gasteiger partial charge in [-0.2, -0.15) is 0 Å². The predicted octanol–water partition coefficient (Wildman–Crippen LogP) is 2.81. The zero-order chi connectivity index (χ0) is 24.8. The third-order valence-electron chi connectivity index (χ3n) is 5.01. The molecule has 0 saturated carbocycles. The number of benzene rings is 2. The first-order valence-electron chi connectivity index (χ1n) is 10.1. The number of halogens is 2. The molecule has 8 nitrogen and oxygen atoms in total. The van der Waals surface area contributed by atoms with Crippen LogP contribution in [0, 0.1) is 5.82 Å². The Bertz CT molecular complexity index is 1100. The van der Waals surface area contributed by atoms with E-state index in [2.05, 4.69) is 5.32 Å². The largest absolute Gasteiger partial charge is 0.497 e. The molecular formula is C22H27ClFN3O5S. The number of anilines is 1. The molecule has 33 heavy (non-hydrogen) atoms. The number of carbonyl (C=O) groups excluding carboxylic acids is 2. The second-order valence-corrected chi connectivity index (χ2v) is 9.59.